The van der Waals surface area contributed by atoms with Crippen molar-refractivity contribution < 1.29 is 0 Å². The maximum Gasteiger partial charge on any atom is -0.0329 e. The molecule has 0 aliphatic heterocycles. The van der Waals surface area contributed by atoms with Gasteiger partial charge in [0.25, 0.3) is 0 Å². The summed E-state index contributed by atoms with van der Waals surface area (Å²) in [6.07, 6.45) is 8.98. The van der Waals surface area contributed by atoms with Crippen molar-refractivity contribution in [3.63, 3.8) is 0 Å². The molecule has 14 heavy (non-hydrogen) atoms. The van der Waals surface area contributed by atoms with Crippen LogP contribution in [0, 0.1) is 29.6 Å². The Hall–Kier alpha value is 0. The van der Waals surface area contributed by atoms with Crippen molar-refractivity contribution >= 4 is 0 Å². The van der Waals surface area contributed by atoms with Crippen LogP contribution in [0.25, 0.3) is 0 Å². The van der Waals surface area contributed by atoms with Gasteiger partial charge >= 0.3 is 0 Å². The summed E-state index contributed by atoms with van der Waals surface area (Å²) in [6, 6.07) is 0. The Morgan fingerprint density at radius 1 is 1.21 bits per heavy atom. The molecule has 2 aliphatic carbocycles. The van der Waals surface area contributed by atoms with E-state index in [9.17, 15) is 0 Å². The molecule has 4 unspecified atom stereocenters. The van der Waals surface area contributed by atoms with E-state index in [0.29, 0.717) is 0 Å². The lowest BCUT2D eigenvalue weighted by Gasteiger charge is -2.51. The minimum atomic E-state index is 1.03. The Morgan fingerprint density at radius 3 is 2.29 bits per heavy atom. The Morgan fingerprint density at radius 2 is 1.93 bits per heavy atom. The Labute approximate surface area is 89.5 Å². The summed E-state index contributed by atoms with van der Waals surface area (Å²) in [6.45, 7) is 7.29. The van der Waals surface area contributed by atoms with Crippen LogP contribution in [-0.4, -0.2) is 0 Å². The number of rotatable bonds is 4. The van der Waals surface area contributed by atoms with Crippen LogP contribution in [0.3, 0.4) is 0 Å². The van der Waals surface area contributed by atoms with E-state index in [-0.39, 0.29) is 0 Å². The van der Waals surface area contributed by atoms with E-state index >= 15 is 0 Å². The molecule has 0 spiro atoms. The third-order valence-corrected chi connectivity index (χ3v) is 5.12. The molecule has 0 saturated heterocycles. The Bertz CT molecular complexity index is 176. The molecular formula is C14H26. The van der Waals surface area contributed by atoms with Crippen LogP contribution in [-0.2, 0) is 0 Å². The summed E-state index contributed by atoms with van der Waals surface area (Å²) in [4.78, 5) is 0. The lowest BCUT2D eigenvalue weighted by atomic mass is 9.54. The minimum Gasteiger partial charge on any atom is -0.0651 e. The molecule has 0 heteroatoms. The fourth-order valence-corrected chi connectivity index (χ4v) is 4.06. The average molecular weight is 194 g/mol. The summed E-state index contributed by atoms with van der Waals surface area (Å²) in [5.41, 5.74) is 0. The van der Waals surface area contributed by atoms with E-state index < -0.39 is 0 Å². The number of hydrogen-bond donors (Lipinski definition) is 0. The number of hydrogen-bond acceptors (Lipinski definition) is 0. The van der Waals surface area contributed by atoms with Gasteiger partial charge in [-0.25, -0.2) is 0 Å². The van der Waals surface area contributed by atoms with Gasteiger partial charge in [0.15, 0.2) is 0 Å². The van der Waals surface area contributed by atoms with E-state index in [1.165, 1.54) is 38.5 Å². The fraction of sp³-hybridized carbons (Fsp3) is 1.00. The van der Waals surface area contributed by atoms with Crippen LogP contribution in [0.2, 0.25) is 0 Å². The predicted molar refractivity (Wildman–Crippen MR) is 62.2 cm³/mol. The molecule has 82 valence electrons. The molecule has 0 bridgehead atoms. The zero-order valence-corrected chi connectivity index (χ0v) is 10.1. The van der Waals surface area contributed by atoms with Gasteiger partial charge in [-0.15, -0.1) is 0 Å². The molecule has 2 aliphatic rings. The first kappa shape index (κ1) is 10.5. The molecule has 2 fully saturated rings. The molecule has 0 amide bonds. The van der Waals surface area contributed by atoms with Gasteiger partial charge in [-0.1, -0.05) is 52.9 Å². The molecule has 2 rings (SSSR count). The first-order valence-corrected chi connectivity index (χ1v) is 6.77. The molecule has 0 nitrogen and oxygen atoms in total. The lowest BCUT2D eigenvalue weighted by Crippen LogP contribution is -2.43. The van der Waals surface area contributed by atoms with Crippen LogP contribution in [0.1, 0.15) is 59.3 Å². The van der Waals surface area contributed by atoms with Gasteiger partial charge < -0.3 is 0 Å². The average Bonchev–Trinajstić information content (AvgIpc) is 2.09. The van der Waals surface area contributed by atoms with Gasteiger partial charge in [-0.05, 0) is 36.0 Å². The first-order chi connectivity index (χ1) is 6.77. The van der Waals surface area contributed by atoms with Crippen molar-refractivity contribution in [3.05, 3.63) is 0 Å². The van der Waals surface area contributed by atoms with Crippen molar-refractivity contribution in [2.24, 2.45) is 29.6 Å². The highest BCUT2D eigenvalue weighted by molar-refractivity contribution is 4.93. The van der Waals surface area contributed by atoms with E-state index in [4.69, 9.17) is 0 Å². The van der Waals surface area contributed by atoms with Crippen LogP contribution < -0.4 is 0 Å². The molecule has 2 saturated carbocycles. The summed E-state index contributed by atoms with van der Waals surface area (Å²) in [7, 11) is 0. The smallest absolute Gasteiger partial charge is 0.0329 e. The zero-order chi connectivity index (χ0) is 10.1. The quantitative estimate of drug-likeness (QED) is 0.618. The Balaban J connectivity index is 1.95. The molecule has 0 aromatic heterocycles. The largest absolute Gasteiger partial charge is 0.0651 e. The molecule has 4 atom stereocenters. The summed E-state index contributed by atoms with van der Waals surface area (Å²) < 4.78 is 0. The molecule has 0 N–H and O–H groups in total. The first-order valence-electron chi connectivity index (χ1n) is 6.77. The second kappa shape index (κ2) is 4.24. The van der Waals surface area contributed by atoms with Crippen molar-refractivity contribution in [1.82, 2.24) is 0 Å². The molecule has 0 heterocycles. The predicted octanol–water partition coefficient (Wildman–Crippen LogP) is 4.49. The monoisotopic (exact) mass is 194 g/mol. The highest BCUT2D eigenvalue weighted by Gasteiger charge is 2.44. The van der Waals surface area contributed by atoms with Crippen LogP contribution in [0.5, 0.6) is 0 Å². The maximum absolute atomic E-state index is 2.48. The van der Waals surface area contributed by atoms with Crippen LogP contribution in [0.4, 0.5) is 0 Å². The van der Waals surface area contributed by atoms with E-state index in [1.54, 1.807) is 0 Å². The third kappa shape index (κ3) is 1.61. The van der Waals surface area contributed by atoms with Crippen molar-refractivity contribution in [1.29, 1.82) is 0 Å². The van der Waals surface area contributed by atoms with Gasteiger partial charge in [0.1, 0.15) is 0 Å². The second-order valence-electron chi connectivity index (χ2n) is 5.72. The normalized spacial score (nSPS) is 40.1. The van der Waals surface area contributed by atoms with E-state index in [2.05, 4.69) is 20.8 Å². The summed E-state index contributed by atoms with van der Waals surface area (Å²) in [5.74, 6) is 5.40. The van der Waals surface area contributed by atoms with Crippen LogP contribution in [0.15, 0.2) is 0 Å². The lowest BCUT2D eigenvalue weighted by molar-refractivity contribution is -0.0192. The van der Waals surface area contributed by atoms with Crippen molar-refractivity contribution in [3.8, 4) is 0 Å². The van der Waals surface area contributed by atoms with E-state index in [0.717, 1.165) is 29.6 Å². The standard InChI is InChI=1S/C14H26/c1-4-11-9-10(3)14(11)13(5-2)12-7-6-8-12/h10-14H,4-9H2,1-3H3. The van der Waals surface area contributed by atoms with Gasteiger partial charge in [-0.3, -0.25) is 0 Å². The summed E-state index contributed by atoms with van der Waals surface area (Å²) >= 11 is 0. The van der Waals surface area contributed by atoms with Crippen LogP contribution >= 0.6 is 0 Å². The molecule has 0 aromatic rings. The van der Waals surface area contributed by atoms with Gasteiger partial charge in [0.2, 0.25) is 0 Å². The topological polar surface area (TPSA) is 0 Å². The second-order valence-corrected chi connectivity index (χ2v) is 5.72. The zero-order valence-electron chi connectivity index (χ0n) is 10.1. The maximum atomic E-state index is 2.48. The van der Waals surface area contributed by atoms with Crippen molar-refractivity contribution in [2.75, 3.05) is 0 Å². The third-order valence-electron chi connectivity index (χ3n) is 5.12. The van der Waals surface area contributed by atoms with E-state index in [1.807, 2.05) is 0 Å². The molecule has 0 radical (unpaired) electrons. The molecular weight excluding hydrogens is 168 g/mol. The van der Waals surface area contributed by atoms with Crippen molar-refractivity contribution in [2.45, 2.75) is 59.3 Å². The van der Waals surface area contributed by atoms with Gasteiger partial charge in [0, 0.05) is 0 Å². The highest BCUT2D eigenvalue weighted by atomic mass is 14.5. The summed E-state index contributed by atoms with van der Waals surface area (Å²) in [5, 5.41) is 0. The fourth-order valence-electron chi connectivity index (χ4n) is 4.06. The highest BCUT2D eigenvalue weighted by Crippen LogP contribution is 2.52. The Kier molecular flexibility index (Phi) is 3.19. The van der Waals surface area contributed by atoms with Gasteiger partial charge in [0.05, 0.1) is 0 Å². The minimum absolute atomic E-state index is 1.03. The van der Waals surface area contributed by atoms with Gasteiger partial charge in [-0.2, -0.15) is 0 Å². The molecule has 0 aromatic carbocycles. The SMILES string of the molecule is CCC1CC(C)C1C(CC)C1CCC1.